The van der Waals surface area contributed by atoms with E-state index in [0.29, 0.717) is 10.6 Å². The molecule has 1 aliphatic rings. The lowest BCUT2D eigenvalue weighted by molar-refractivity contribution is -0.127. The molecule has 3 amide bonds. The Morgan fingerprint density at radius 2 is 1.73 bits per heavy atom. The van der Waals surface area contributed by atoms with Crippen molar-refractivity contribution in [3.63, 3.8) is 0 Å². The van der Waals surface area contributed by atoms with Gasteiger partial charge < -0.3 is 9.88 Å². The average molecular weight is 460 g/mol. The van der Waals surface area contributed by atoms with Gasteiger partial charge in [-0.25, -0.2) is 0 Å². The molecule has 0 aliphatic carbocycles. The van der Waals surface area contributed by atoms with Crippen LogP contribution in [0, 0.1) is 27.7 Å². The van der Waals surface area contributed by atoms with E-state index in [2.05, 4.69) is 9.88 Å². The molecule has 0 spiro atoms. The summed E-state index contributed by atoms with van der Waals surface area (Å²) < 4.78 is 2.10. The van der Waals surface area contributed by atoms with Crippen molar-refractivity contribution in [2.75, 3.05) is 11.9 Å². The number of aryl methyl sites for hydroxylation is 2. The summed E-state index contributed by atoms with van der Waals surface area (Å²) in [6.07, 6.45) is 1.73. The van der Waals surface area contributed by atoms with Crippen LogP contribution in [0.4, 0.5) is 10.5 Å². The minimum Gasteiger partial charge on any atom is -0.324 e. The Balaban J connectivity index is 1.53. The van der Waals surface area contributed by atoms with Gasteiger partial charge >= 0.3 is 0 Å². The van der Waals surface area contributed by atoms with Gasteiger partial charge in [-0.3, -0.25) is 19.3 Å². The molecule has 6 nitrogen and oxygen atoms in total. The number of amides is 3. The predicted molar refractivity (Wildman–Crippen MR) is 132 cm³/mol. The zero-order chi connectivity index (χ0) is 23.7. The van der Waals surface area contributed by atoms with Gasteiger partial charge in [0, 0.05) is 22.8 Å². The quantitative estimate of drug-likeness (QED) is 0.520. The van der Waals surface area contributed by atoms with Crippen LogP contribution in [0.25, 0.3) is 11.8 Å². The van der Waals surface area contributed by atoms with E-state index >= 15 is 0 Å². The Kier molecular flexibility index (Phi) is 6.24. The fraction of sp³-hybridized carbons (Fsp3) is 0.192. The molecule has 33 heavy (non-hydrogen) atoms. The van der Waals surface area contributed by atoms with Gasteiger partial charge in [0.15, 0.2) is 0 Å². The number of rotatable bonds is 5. The summed E-state index contributed by atoms with van der Waals surface area (Å²) >= 11 is 0.859. The minimum absolute atomic E-state index is 0.313. The molecule has 1 aromatic heterocycles. The number of carbonyl (C=O) groups excluding carboxylic acids is 3. The standard InChI is InChI=1S/C26H25N3O3S/c1-16-9-8-12-22(18(16)3)27-24(30)15-28-25(31)23(33-26(28)32)14-20-13-17(2)29(19(20)4)21-10-6-5-7-11-21/h5-14H,15H2,1-4H3,(H,27,30)/b23-14+. The lowest BCUT2D eigenvalue weighted by atomic mass is 10.1. The summed E-state index contributed by atoms with van der Waals surface area (Å²) in [4.78, 5) is 39.3. The highest BCUT2D eigenvalue weighted by Gasteiger charge is 2.36. The van der Waals surface area contributed by atoms with Crippen LogP contribution in [-0.4, -0.2) is 33.1 Å². The van der Waals surface area contributed by atoms with Gasteiger partial charge in [-0.05, 0) is 86.5 Å². The number of hydrogen-bond donors (Lipinski definition) is 1. The zero-order valence-electron chi connectivity index (χ0n) is 19.0. The number of imide groups is 1. The van der Waals surface area contributed by atoms with Crippen LogP contribution in [0.2, 0.25) is 0 Å². The number of thioether (sulfide) groups is 1. The maximum Gasteiger partial charge on any atom is 0.294 e. The van der Waals surface area contributed by atoms with Crippen molar-refractivity contribution in [2.24, 2.45) is 0 Å². The summed E-state index contributed by atoms with van der Waals surface area (Å²) in [6.45, 7) is 7.54. The van der Waals surface area contributed by atoms with Crippen LogP contribution in [0.3, 0.4) is 0 Å². The van der Waals surface area contributed by atoms with E-state index in [1.54, 1.807) is 12.1 Å². The molecule has 1 saturated heterocycles. The molecule has 1 fully saturated rings. The van der Waals surface area contributed by atoms with E-state index in [4.69, 9.17) is 0 Å². The number of anilines is 1. The maximum atomic E-state index is 12.9. The van der Waals surface area contributed by atoms with Crippen LogP contribution < -0.4 is 5.32 Å². The maximum absolute atomic E-state index is 12.9. The van der Waals surface area contributed by atoms with Crippen LogP contribution in [-0.2, 0) is 9.59 Å². The highest BCUT2D eigenvalue weighted by molar-refractivity contribution is 8.18. The summed E-state index contributed by atoms with van der Waals surface area (Å²) in [5.41, 5.74) is 6.57. The summed E-state index contributed by atoms with van der Waals surface area (Å²) in [5, 5.41) is 2.36. The normalized spacial score (nSPS) is 14.9. The molecule has 0 radical (unpaired) electrons. The molecule has 7 heteroatoms. The van der Waals surface area contributed by atoms with Crippen molar-refractivity contribution in [3.8, 4) is 5.69 Å². The Bertz CT molecular complexity index is 1290. The molecule has 0 bridgehead atoms. The van der Waals surface area contributed by atoms with Gasteiger partial charge in [0.25, 0.3) is 11.1 Å². The van der Waals surface area contributed by atoms with E-state index in [-0.39, 0.29) is 6.54 Å². The molecular formula is C26H25N3O3S. The monoisotopic (exact) mass is 459 g/mol. The summed E-state index contributed by atoms with van der Waals surface area (Å²) in [5.74, 6) is -0.861. The molecule has 0 saturated carbocycles. The molecule has 168 valence electrons. The number of nitrogens with one attached hydrogen (secondary N) is 1. The van der Waals surface area contributed by atoms with Gasteiger partial charge in [0.05, 0.1) is 4.91 Å². The Morgan fingerprint density at radius 3 is 2.45 bits per heavy atom. The first-order valence-corrected chi connectivity index (χ1v) is 11.4. The van der Waals surface area contributed by atoms with E-state index in [0.717, 1.165) is 50.4 Å². The molecule has 4 rings (SSSR count). The van der Waals surface area contributed by atoms with Crippen molar-refractivity contribution in [2.45, 2.75) is 27.7 Å². The number of nitrogens with zero attached hydrogens (tertiary/aromatic N) is 2. The van der Waals surface area contributed by atoms with Gasteiger partial charge in [-0.15, -0.1) is 0 Å². The topological polar surface area (TPSA) is 71.4 Å². The van der Waals surface area contributed by atoms with Gasteiger partial charge in [-0.2, -0.15) is 0 Å². The number of aromatic nitrogens is 1. The zero-order valence-corrected chi connectivity index (χ0v) is 19.8. The molecule has 2 heterocycles. The van der Waals surface area contributed by atoms with E-state index in [9.17, 15) is 14.4 Å². The molecule has 3 aromatic rings. The van der Waals surface area contributed by atoms with Gasteiger partial charge in [0.1, 0.15) is 6.54 Å². The third kappa shape index (κ3) is 4.50. The van der Waals surface area contributed by atoms with Crippen molar-refractivity contribution in [1.82, 2.24) is 9.47 Å². The lowest BCUT2D eigenvalue weighted by Gasteiger charge is -2.14. The number of benzene rings is 2. The SMILES string of the molecule is Cc1cccc(NC(=O)CN2C(=O)S/C(=C/c3cc(C)n(-c4ccccc4)c3C)C2=O)c1C. The van der Waals surface area contributed by atoms with Crippen LogP contribution >= 0.6 is 11.8 Å². The van der Waals surface area contributed by atoms with Crippen LogP contribution in [0.5, 0.6) is 0 Å². The van der Waals surface area contributed by atoms with Crippen molar-refractivity contribution < 1.29 is 14.4 Å². The number of hydrogen-bond acceptors (Lipinski definition) is 4. The molecule has 1 aliphatic heterocycles. The largest absolute Gasteiger partial charge is 0.324 e. The summed E-state index contributed by atoms with van der Waals surface area (Å²) in [6, 6.07) is 17.6. The second-order valence-corrected chi connectivity index (χ2v) is 9.05. The van der Waals surface area contributed by atoms with Crippen LogP contribution in [0.15, 0.2) is 59.5 Å². The van der Waals surface area contributed by atoms with Gasteiger partial charge in [-0.1, -0.05) is 30.3 Å². The molecule has 1 N–H and O–H groups in total. The van der Waals surface area contributed by atoms with E-state index < -0.39 is 17.1 Å². The van der Waals surface area contributed by atoms with Gasteiger partial charge in [0.2, 0.25) is 5.91 Å². The second-order valence-electron chi connectivity index (χ2n) is 8.06. The molecule has 0 atom stereocenters. The molecular weight excluding hydrogens is 434 g/mol. The Morgan fingerprint density at radius 1 is 1.00 bits per heavy atom. The third-order valence-corrected chi connectivity index (χ3v) is 6.73. The van der Waals surface area contributed by atoms with Crippen molar-refractivity contribution >= 4 is 40.6 Å². The average Bonchev–Trinajstić information content (AvgIpc) is 3.21. The molecule has 2 aromatic carbocycles. The number of carbonyl (C=O) groups is 3. The highest BCUT2D eigenvalue weighted by Crippen LogP contribution is 2.33. The minimum atomic E-state index is -0.453. The Labute approximate surface area is 197 Å². The fourth-order valence-electron chi connectivity index (χ4n) is 3.91. The predicted octanol–water partition coefficient (Wildman–Crippen LogP) is 5.39. The van der Waals surface area contributed by atoms with Crippen LogP contribution in [0.1, 0.15) is 28.1 Å². The first kappa shape index (κ1) is 22.6. The first-order chi connectivity index (χ1) is 15.8. The lowest BCUT2D eigenvalue weighted by Crippen LogP contribution is -2.36. The highest BCUT2D eigenvalue weighted by atomic mass is 32.2. The first-order valence-electron chi connectivity index (χ1n) is 10.6. The van der Waals surface area contributed by atoms with E-state index in [1.165, 1.54) is 0 Å². The summed E-state index contributed by atoms with van der Waals surface area (Å²) in [7, 11) is 0. The number of para-hydroxylation sites is 1. The van der Waals surface area contributed by atoms with Crippen molar-refractivity contribution in [1.29, 1.82) is 0 Å². The second kappa shape index (κ2) is 9.11. The Hall–Kier alpha value is -3.58. The van der Waals surface area contributed by atoms with E-state index in [1.807, 2.05) is 76.2 Å². The third-order valence-electron chi connectivity index (χ3n) is 5.83. The van der Waals surface area contributed by atoms with Crippen molar-refractivity contribution in [3.05, 3.63) is 87.6 Å². The fourth-order valence-corrected chi connectivity index (χ4v) is 4.73. The molecule has 0 unspecified atom stereocenters. The smallest absolute Gasteiger partial charge is 0.294 e.